The molecule has 0 aliphatic heterocycles. The first-order valence-corrected chi connectivity index (χ1v) is 8.45. The molecule has 1 heterocycles. The molecule has 1 aromatic heterocycles. The van der Waals surface area contributed by atoms with Crippen molar-refractivity contribution < 1.29 is 8.78 Å². The highest BCUT2D eigenvalue weighted by atomic mass is 19.1. The van der Waals surface area contributed by atoms with Gasteiger partial charge in [-0.15, -0.1) is 0 Å². The van der Waals surface area contributed by atoms with Crippen molar-refractivity contribution in [3.05, 3.63) is 46.8 Å². The zero-order chi connectivity index (χ0) is 17.1. The van der Waals surface area contributed by atoms with Crippen LogP contribution in [0, 0.1) is 28.9 Å². The molecular weight excluding hydrogens is 306 g/mol. The molecule has 4 rings (SSSR count). The van der Waals surface area contributed by atoms with E-state index in [0.29, 0.717) is 17.5 Å². The molecule has 1 saturated carbocycles. The maximum Gasteiger partial charge on any atom is 0.151 e. The first-order valence-electron chi connectivity index (χ1n) is 8.45. The zero-order valence-corrected chi connectivity index (χ0v) is 14.2. The minimum Gasteiger partial charge on any atom is -0.233 e. The van der Waals surface area contributed by atoms with Gasteiger partial charge in [-0.05, 0) is 64.0 Å². The quantitative estimate of drug-likeness (QED) is 0.681. The van der Waals surface area contributed by atoms with E-state index in [4.69, 9.17) is 0 Å². The largest absolute Gasteiger partial charge is 0.233 e. The van der Waals surface area contributed by atoms with Crippen molar-refractivity contribution in [1.82, 2.24) is 9.78 Å². The van der Waals surface area contributed by atoms with E-state index >= 15 is 0 Å². The molecule has 2 nitrogen and oxygen atoms in total. The van der Waals surface area contributed by atoms with Gasteiger partial charge in [0.2, 0.25) is 0 Å². The average molecular weight is 326 g/mol. The highest BCUT2D eigenvalue weighted by molar-refractivity contribution is 5.51. The fourth-order valence-electron chi connectivity index (χ4n) is 3.91. The fourth-order valence-corrected chi connectivity index (χ4v) is 3.91. The van der Waals surface area contributed by atoms with E-state index in [9.17, 15) is 8.78 Å². The predicted octanol–water partition coefficient (Wildman–Crippen LogP) is 4.91. The molecule has 1 fully saturated rings. The van der Waals surface area contributed by atoms with Gasteiger partial charge >= 0.3 is 0 Å². The van der Waals surface area contributed by atoms with Gasteiger partial charge in [-0.2, -0.15) is 5.10 Å². The van der Waals surface area contributed by atoms with Gasteiger partial charge in [0.25, 0.3) is 0 Å². The van der Waals surface area contributed by atoms with E-state index in [2.05, 4.69) is 37.7 Å². The van der Waals surface area contributed by atoms with E-state index < -0.39 is 11.6 Å². The van der Waals surface area contributed by atoms with E-state index in [-0.39, 0.29) is 5.41 Å². The lowest BCUT2D eigenvalue weighted by molar-refractivity contribution is 0.566. The highest BCUT2D eigenvalue weighted by Crippen LogP contribution is 2.54. The van der Waals surface area contributed by atoms with Crippen LogP contribution in [0.5, 0.6) is 0 Å². The third-order valence-electron chi connectivity index (χ3n) is 4.88. The molecule has 1 aromatic carbocycles. The lowest BCUT2D eigenvalue weighted by Gasteiger charge is -2.14. The molecule has 2 unspecified atom stereocenters. The molecule has 0 spiro atoms. The topological polar surface area (TPSA) is 17.8 Å². The van der Waals surface area contributed by atoms with E-state index in [1.54, 1.807) is 4.68 Å². The van der Waals surface area contributed by atoms with Crippen LogP contribution in [0.2, 0.25) is 0 Å². The molecule has 2 atom stereocenters. The molecule has 0 N–H and O–H groups in total. The number of rotatable bonds is 1. The Hall–Kier alpha value is -2.15. The number of benzene rings is 1. The summed E-state index contributed by atoms with van der Waals surface area (Å²) in [6.07, 6.45) is 3.36. The number of hydrogen-bond acceptors (Lipinski definition) is 1. The Kier molecular flexibility index (Phi) is 3.32. The monoisotopic (exact) mass is 326 g/mol. The molecule has 24 heavy (non-hydrogen) atoms. The maximum absolute atomic E-state index is 14.3. The summed E-state index contributed by atoms with van der Waals surface area (Å²) in [4.78, 5) is 0. The smallest absolute Gasteiger partial charge is 0.151 e. The van der Waals surface area contributed by atoms with Crippen molar-refractivity contribution in [2.75, 3.05) is 0 Å². The van der Waals surface area contributed by atoms with Crippen LogP contribution in [0.25, 0.3) is 5.69 Å². The van der Waals surface area contributed by atoms with E-state index in [1.165, 1.54) is 17.7 Å². The van der Waals surface area contributed by atoms with E-state index in [0.717, 1.165) is 36.7 Å². The summed E-state index contributed by atoms with van der Waals surface area (Å²) in [5, 5.41) is 4.62. The minimum absolute atomic E-state index is 0.116. The summed E-state index contributed by atoms with van der Waals surface area (Å²) in [5.74, 6) is 6.18. The molecule has 2 aliphatic rings. The average Bonchev–Trinajstić information content (AvgIpc) is 3.16. The van der Waals surface area contributed by atoms with Crippen LogP contribution in [-0.2, 0) is 0 Å². The molecule has 0 amide bonds. The Balaban J connectivity index is 1.90. The second-order valence-corrected chi connectivity index (χ2v) is 7.86. The molecule has 2 bridgehead atoms. The standard InChI is InChI=1S/C20H20F2N2/c1-20(2,3)9-8-16-18-12-4-5-13(10-12)19(18)24(23-16)17-7-6-14(21)11-15(17)22/h6-7,11-13H,4-5,10H2,1-3H3. The molecule has 2 aromatic rings. The molecule has 4 heteroatoms. The van der Waals surface area contributed by atoms with Gasteiger partial charge in [0.1, 0.15) is 17.2 Å². The third kappa shape index (κ3) is 2.43. The second-order valence-electron chi connectivity index (χ2n) is 7.86. The molecule has 2 aliphatic carbocycles. The van der Waals surface area contributed by atoms with Crippen LogP contribution in [-0.4, -0.2) is 9.78 Å². The third-order valence-corrected chi connectivity index (χ3v) is 4.88. The summed E-state index contributed by atoms with van der Waals surface area (Å²) in [7, 11) is 0. The number of nitrogens with zero attached hydrogens (tertiary/aromatic N) is 2. The lowest BCUT2D eigenvalue weighted by Crippen LogP contribution is -2.07. The van der Waals surface area contributed by atoms with Gasteiger partial charge in [0.15, 0.2) is 5.82 Å². The first kappa shape index (κ1) is 15.4. The minimum atomic E-state index is -0.585. The van der Waals surface area contributed by atoms with Crippen LogP contribution in [0.3, 0.4) is 0 Å². The van der Waals surface area contributed by atoms with Crippen molar-refractivity contribution in [2.45, 2.75) is 51.9 Å². The number of aromatic nitrogens is 2. The lowest BCUT2D eigenvalue weighted by atomic mass is 9.94. The van der Waals surface area contributed by atoms with Gasteiger partial charge in [-0.1, -0.05) is 5.92 Å². The van der Waals surface area contributed by atoms with Crippen LogP contribution in [0.1, 0.15) is 68.8 Å². The van der Waals surface area contributed by atoms with Crippen molar-refractivity contribution in [2.24, 2.45) is 5.41 Å². The summed E-state index contributed by atoms with van der Waals surface area (Å²) >= 11 is 0. The summed E-state index contributed by atoms with van der Waals surface area (Å²) < 4.78 is 29.2. The SMILES string of the molecule is CC(C)(C)C#Cc1nn(-c2ccc(F)cc2F)c2c1C1CCC2C1. The Morgan fingerprint density at radius 3 is 2.62 bits per heavy atom. The Bertz CT molecular complexity index is 878. The number of hydrogen-bond donors (Lipinski definition) is 0. The van der Waals surface area contributed by atoms with Crippen LogP contribution >= 0.6 is 0 Å². The molecular formula is C20H20F2N2. The Labute approximate surface area is 140 Å². The predicted molar refractivity (Wildman–Crippen MR) is 89.1 cm³/mol. The van der Waals surface area contributed by atoms with Gasteiger partial charge in [-0.3, -0.25) is 0 Å². The van der Waals surface area contributed by atoms with Crippen molar-refractivity contribution >= 4 is 0 Å². The van der Waals surface area contributed by atoms with Gasteiger partial charge < -0.3 is 0 Å². The summed E-state index contributed by atoms with van der Waals surface area (Å²) in [6.45, 7) is 6.18. The summed E-state index contributed by atoms with van der Waals surface area (Å²) in [5.41, 5.74) is 3.22. The Morgan fingerprint density at radius 1 is 1.17 bits per heavy atom. The fraction of sp³-hybridized carbons (Fsp3) is 0.450. The van der Waals surface area contributed by atoms with Crippen LogP contribution in [0.4, 0.5) is 8.78 Å². The molecule has 124 valence electrons. The number of fused-ring (bicyclic) bond motifs is 5. The maximum atomic E-state index is 14.3. The molecule has 0 saturated heterocycles. The summed E-state index contributed by atoms with van der Waals surface area (Å²) in [6, 6.07) is 3.65. The van der Waals surface area contributed by atoms with Crippen molar-refractivity contribution in [1.29, 1.82) is 0 Å². The van der Waals surface area contributed by atoms with Gasteiger partial charge in [0, 0.05) is 23.0 Å². The molecule has 0 radical (unpaired) electrons. The number of halogens is 2. The zero-order valence-electron chi connectivity index (χ0n) is 14.2. The van der Waals surface area contributed by atoms with Crippen LogP contribution in [0.15, 0.2) is 18.2 Å². The van der Waals surface area contributed by atoms with Crippen molar-refractivity contribution in [3.8, 4) is 17.5 Å². The van der Waals surface area contributed by atoms with Gasteiger partial charge in [0.05, 0.1) is 5.69 Å². The van der Waals surface area contributed by atoms with Crippen LogP contribution < -0.4 is 0 Å². The normalized spacial score (nSPS) is 21.5. The Morgan fingerprint density at radius 2 is 1.92 bits per heavy atom. The second kappa shape index (κ2) is 5.17. The van der Waals surface area contributed by atoms with Gasteiger partial charge in [-0.25, -0.2) is 13.5 Å². The van der Waals surface area contributed by atoms with E-state index in [1.807, 2.05) is 0 Å². The van der Waals surface area contributed by atoms with Crippen molar-refractivity contribution in [3.63, 3.8) is 0 Å². The highest BCUT2D eigenvalue weighted by Gasteiger charge is 2.42. The first-order chi connectivity index (χ1) is 11.3.